The quantitative estimate of drug-likeness (QED) is 0.273. The maximum absolute atomic E-state index is 14.2. The molecule has 180 valence electrons. The molecule has 0 saturated heterocycles. The van der Waals surface area contributed by atoms with Crippen molar-refractivity contribution in [1.29, 1.82) is 0 Å². The largest absolute Gasteiger partial charge is 0.472 e. The summed E-state index contributed by atoms with van der Waals surface area (Å²) in [5.41, 5.74) is 3.60. The lowest BCUT2D eigenvalue weighted by Crippen LogP contribution is -2.05. The molecule has 0 unspecified atom stereocenters. The molecule has 2 heterocycles. The van der Waals surface area contributed by atoms with E-state index < -0.39 is 17.6 Å². The number of rotatable bonds is 7. The maximum atomic E-state index is 14.2. The molecule has 36 heavy (non-hydrogen) atoms. The van der Waals surface area contributed by atoms with Crippen LogP contribution in [0.1, 0.15) is 21.5 Å². The van der Waals surface area contributed by atoms with E-state index in [0.29, 0.717) is 40.4 Å². The van der Waals surface area contributed by atoms with Gasteiger partial charge < -0.3 is 14.0 Å². The predicted molar refractivity (Wildman–Crippen MR) is 131 cm³/mol. The van der Waals surface area contributed by atoms with Crippen LogP contribution in [0.15, 0.2) is 85.1 Å². The molecule has 0 bridgehead atoms. The normalized spacial score (nSPS) is 11.0. The number of fused-ring (bicyclic) bond motifs is 1. The Hall–Kier alpha value is -4.59. The van der Waals surface area contributed by atoms with Crippen molar-refractivity contribution in [2.45, 2.75) is 13.2 Å². The number of esters is 1. The predicted octanol–water partition coefficient (Wildman–Crippen LogP) is 5.79. The first-order valence-corrected chi connectivity index (χ1v) is 11.2. The molecule has 0 aliphatic carbocycles. The molecule has 5 rings (SSSR count). The van der Waals surface area contributed by atoms with E-state index >= 15 is 0 Å². The summed E-state index contributed by atoms with van der Waals surface area (Å²) in [5, 5.41) is 0. The summed E-state index contributed by atoms with van der Waals surface area (Å²) in [4.78, 5) is 20.7. The lowest BCUT2D eigenvalue weighted by molar-refractivity contribution is 0.0600. The monoisotopic (exact) mass is 485 g/mol. The number of carbonyl (C=O) groups excluding carboxylic acids is 1. The summed E-state index contributed by atoms with van der Waals surface area (Å²) < 4.78 is 40.8. The Kier molecular flexibility index (Phi) is 6.40. The summed E-state index contributed by atoms with van der Waals surface area (Å²) in [5.74, 6) is -1.53. The summed E-state index contributed by atoms with van der Waals surface area (Å²) >= 11 is 0. The molecule has 5 aromatic rings. The molecule has 0 amide bonds. The molecular weight excluding hydrogens is 464 g/mol. The highest BCUT2D eigenvalue weighted by Gasteiger charge is 2.20. The van der Waals surface area contributed by atoms with E-state index in [1.807, 2.05) is 34.9 Å². The van der Waals surface area contributed by atoms with Crippen LogP contribution in [0.4, 0.5) is 8.78 Å². The van der Waals surface area contributed by atoms with E-state index in [4.69, 9.17) is 9.47 Å². The van der Waals surface area contributed by atoms with Crippen molar-refractivity contribution in [3.8, 4) is 17.3 Å². The van der Waals surface area contributed by atoms with Crippen LogP contribution in [0.3, 0.4) is 0 Å². The van der Waals surface area contributed by atoms with E-state index in [1.54, 1.807) is 42.6 Å². The maximum Gasteiger partial charge on any atom is 0.337 e. The lowest BCUT2D eigenvalue weighted by Gasteiger charge is -2.13. The van der Waals surface area contributed by atoms with Gasteiger partial charge >= 0.3 is 5.97 Å². The third-order valence-electron chi connectivity index (χ3n) is 5.74. The van der Waals surface area contributed by atoms with Crippen molar-refractivity contribution in [1.82, 2.24) is 14.5 Å². The van der Waals surface area contributed by atoms with Gasteiger partial charge in [0.05, 0.1) is 29.3 Å². The number of methoxy groups -OCH3 is 1. The van der Waals surface area contributed by atoms with Crippen molar-refractivity contribution < 1.29 is 23.0 Å². The zero-order valence-electron chi connectivity index (χ0n) is 19.3. The number of imidazole rings is 1. The Morgan fingerprint density at radius 1 is 0.917 bits per heavy atom. The number of halogens is 2. The molecule has 0 aliphatic rings. The molecule has 0 fully saturated rings. The van der Waals surface area contributed by atoms with Crippen molar-refractivity contribution in [3.05, 3.63) is 113 Å². The summed E-state index contributed by atoms with van der Waals surface area (Å²) in [7, 11) is 1.33. The molecule has 3 aromatic carbocycles. The molecule has 0 N–H and O–H groups in total. The third kappa shape index (κ3) is 4.65. The minimum absolute atomic E-state index is 0.188. The number of hydrogen-bond acceptors (Lipinski definition) is 5. The van der Waals surface area contributed by atoms with Gasteiger partial charge in [0.2, 0.25) is 5.88 Å². The first-order valence-electron chi connectivity index (χ1n) is 11.2. The van der Waals surface area contributed by atoms with Crippen LogP contribution in [-0.2, 0) is 17.9 Å². The van der Waals surface area contributed by atoms with E-state index in [1.165, 1.54) is 7.11 Å². The Morgan fingerprint density at radius 3 is 2.42 bits per heavy atom. The second-order valence-corrected chi connectivity index (χ2v) is 8.10. The van der Waals surface area contributed by atoms with E-state index in [-0.39, 0.29) is 6.61 Å². The smallest absolute Gasteiger partial charge is 0.337 e. The van der Waals surface area contributed by atoms with Gasteiger partial charge in [-0.05, 0) is 35.4 Å². The second kappa shape index (κ2) is 9.95. The van der Waals surface area contributed by atoms with Gasteiger partial charge in [0.25, 0.3) is 0 Å². The summed E-state index contributed by atoms with van der Waals surface area (Å²) in [6.45, 7) is 0.578. The van der Waals surface area contributed by atoms with Crippen LogP contribution < -0.4 is 4.74 Å². The Balaban J connectivity index is 1.52. The zero-order valence-corrected chi connectivity index (χ0v) is 19.3. The minimum Gasteiger partial charge on any atom is -0.472 e. The fourth-order valence-corrected chi connectivity index (χ4v) is 3.93. The fraction of sp³-hybridized carbons (Fsp3) is 0.107. The molecule has 0 radical (unpaired) electrons. The first kappa shape index (κ1) is 23.2. The second-order valence-electron chi connectivity index (χ2n) is 8.10. The van der Waals surface area contributed by atoms with Gasteiger partial charge in [0.1, 0.15) is 12.4 Å². The van der Waals surface area contributed by atoms with Crippen LogP contribution in [0.25, 0.3) is 22.4 Å². The first-order chi connectivity index (χ1) is 17.5. The number of carbonyl (C=O) groups is 1. The number of hydrogen-bond donors (Lipinski definition) is 0. The molecule has 8 heteroatoms. The van der Waals surface area contributed by atoms with Crippen LogP contribution >= 0.6 is 0 Å². The van der Waals surface area contributed by atoms with Gasteiger partial charge in [-0.1, -0.05) is 42.5 Å². The average Bonchev–Trinajstić information content (AvgIpc) is 3.24. The molecule has 0 aliphatic heterocycles. The molecular formula is C28H21F2N3O3. The highest BCUT2D eigenvalue weighted by atomic mass is 19.2. The lowest BCUT2D eigenvalue weighted by atomic mass is 10.1. The minimum atomic E-state index is -0.962. The zero-order chi connectivity index (χ0) is 25.1. The third-order valence-corrected chi connectivity index (χ3v) is 5.74. The van der Waals surface area contributed by atoms with Crippen LogP contribution in [0.5, 0.6) is 5.88 Å². The molecule has 2 aromatic heterocycles. The standard InChI is InChI=1S/C28H21F2N3O3/c1-35-28(34)20-11-9-19(10-12-20)17-36-27-21(8-5-13-31-27)26-32-24-14-22(29)23(30)15-25(24)33(26)16-18-6-3-2-4-7-18/h2-15H,16-17H2,1H3. The van der Waals surface area contributed by atoms with Crippen molar-refractivity contribution >= 4 is 17.0 Å². The van der Waals surface area contributed by atoms with Crippen LogP contribution in [-0.4, -0.2) is 27.6 Å². The molecule has 6 nitrogen and oxygen atoms in total. The Bertz CT molecular complexity index is 1530. The van der Waals surface area contributed by atoms with Crippen LogP contribution in [0.2, 0.25) is 0 Å². The highest BCUT2D eigenvalue weighted by molar-refractivity contribution is 5.89. The van der Waals surface area contributed by atoms with Gasteiger partial charge in [-0.3, -0.25) is 0 Å². The SMILES string of the molecule is COC(=O)c1ccc(COc2ncccc2-c2nc3cc(F)c(F)cc3n2Cc2ccccc2)cc1. The number of benzene rings is 3. The number of pyridine rings is 1. The van der Waals surface area contributed by atoms with Gasteiger partial charge in [-0.2, -0.15) is 0 Å². The summed E-state index contributed by atoms with van der Waals surface area (Å²) in [6.07, 6.45) is 1.60. The van der Waals surface area contributed by atoms with E-state index in [0.717, 1.165) is 23.3 Å². The summed E-state index contributed by atoms with van der Waals surface area (Å²) in [6, 6.07) is 22.3. The van der Waals surface area contributed by atoms with Crippen molar-refractivity contribution in [2.75, 3.05) is 7.11 Å². The van der Waals surface area contributed by atoms with Crippen molar-refractivity contribution in [2.24, 2.45) is 0 Å². The Labute approximate surface area is 205 Å². The number of aromatic nitrogens is 3. The molecule has 0 atom stereocenters. The average molecular weight is 485 g/mol. The molecule has 0 spiro atoms. The Morgan fingerprint density at radius 2 is 1.67 bits per heavy atom. The topological polar surface area (TPSA) is 66.2 Å². The van der Waals surface area contributed by atoms with Gasteiger partial charge in [-0.15, -0.1) is 0 Å². The van der Waals surface area contributed by atoms with E-state index in [9.17, 15) is 13.6 Å². The highest BCUT2D eigenvalue weighted by Crippen LogP contribution is 2.32. The van der Waals surface area contributed by atoms with Crippen LogP contribution in [0, 0.1) is 11.6 Å². The van der Waals surface area contributed by atoms with E-state index in [2.05, 4.69) is 9.97 Å². The van der Waals surface area contributed by atoms with Gasteiger partial charge in [-0.25, -0.2) is 23.5 Å². The fourth-order valence-electron chi connectivity index (χ4n) is 3.93. The van der Waals surface area contributed by atoms with Crippen molar-refractivity contribution in [3.63, 3.8) is 0 Å². The van der Waals surface area contributed by atoms with Gasteiger partial charge in [0, 0.05) is 24.9 Å². The molecule has 0 saturated carbocycles. The number of ether oxygens (including phenoxy) is 2. The van der Waals surface area contributed by atoms with Gasteiger partial charge in [0.15, 0.2) is 11.6 Å². The number of nitrogens with zero attached hydrogens (tertiary/aromatic N) is 3.